The van der Waals surface area contributed by atoms with Crippen LogP contribution >= 0.6 is 0 Å². The minimum absolute atomic E-state index is 0.0891. The number of aromatic nitrogens is 4. The molecule has 2 unspecified atom stereocenters. The van der Waals surface area contributed by atoms with Gasteiger partial charge in [-0.05, 0) is 12.1 Å². The molecule has 0 aliphatic carbocycles. The highest BCUT2D eigenvalue weighted by atomic mass is 32.2. The number of aromatic hydroxyl groups is 2. The van der Waals surface area contributed by atoms with Gasteiger partial charge in [0, 0.05) is 0 Å². The number of amides is 1. The fourth-order valence-electron chi connectivity index (χ4n) is 3.22. The molecule has 2 aromatic heterocycles. The van der Waals surface area contributed by atoms with Crippen molar-refractivity contribution >= 4 is 33.2 Å². The van der Waals surface area contributed by atoms with Crippen molar-refractivity contribution in [3.8, 4) is 11.5 Å². The van der Waals surface area contributed by atoms with Gasteiger partial charge in [-0.1, -0.05) is 6.07 Å². The summed E-state index contributed by atoms with van der Waals surface area (Å²) in [5.41, 5.74) is 5.66. The van der Waals surface area contributed by atoms with Gasteiger partial charge in [0.25, 0.3) is 5.91 Å². The van der Waals surface area contributed by atoms with Crippen LogP contribution in [-0.4, -0.2) is 79.2 Å². The first kappa shape index (κ1) is 22.6. The molecule has 33 heavy (non-hydrogen) atoms. The number of hydrogen-bond donors (Lipinski definition) is 6. The highest BCUT2D eigenvalue weighted by Crippen LogP contribution is 2.32. The summed E-state index contributed by atoms with van der Waals surface area (Å²) < 4.78 is 37.4. The first-order valence-electron chi connectivity index (χ1n) is 9.26. The standard InChI is InChI=1S/C17H18N6O9S/c18-14-10-15(20-5-19-14)23(6-21-10)17-13(27)12(26)9(32-17)4-31-33(29,30)22-16(28)7-2-1-3-8(24)11(7)25/h1-3,5-6,9,12-13,17,24-27H,4H2,(H,22,28)(H2,18,19,20)/t9?,12-,13-,17?/m1/s1. The van der Waals surface area contributed by atoms with E-state index < -0.39 is 64.4 Å². The number of para-hydroxylation sites is 1. The Balaban J connectivity index is 1.44. The molecule has 15 nitrogen and oxygen atoms in total. The van der Waals surface area contributed by atoms with E-state index in [1.807, 2.05) is 0 Å². The van der Waals surface area contributed by atoms with Crippen molar-refractivity contribution in [2.24, 2.45) is 0 Å². The molecule has 176 valence electrons. The average molecular weight is 482 g/mol. The summed E-state index contributed by atoms with van der Waals surface area (Å²) in [5.74, 6) is -2.62. The van der Waals surface area contributed by atoms with Crippen molar-refractivity contribution < 1.29 is 42.6 Å². The van der Waals surface area contributed by atoms with Crippen LogP contribution in [0.5, 0.6) is 11.5 Å². The number of fused-ring (bicyclic) bond motifs is 1. The Labute approximate surface area is 185 Å². The molecule has 4 atom stereocenters. The summed E-state index contributed by atoms with van der Waals surface area (Å²) in [6, 6.07) is 3.40. The first-order valence-corrected chi connectivity index (χ1v) is 10.7. The average Bonchev–Trinajstić information content (AvgIpc) is 3.31. The summed E-state index contributed by atoms with van der Waals surface area (Å²) in [4.78, 5) is 24.0. The zero-order valence-corrected chi connectivity index (χ0v) is 17.3. The summed E-state index contributed by atoms with van der Waals surface area (Å²) in [6.45, 7) is -0.771. The lowest BCUT2D eigenvalue weighted by Gasteiger charge is -2.16. The molecule has 0 radical (unpaired) electrons. The normalized spacial score (nSPS) is 23.1. The van der Waals surface area contributed by atoms with Crippen LogP contribution in [0.2, 0.25) is 0 Å². The molecule has 1 aliphatic heterocycles. The van der Waals surface area contributed by atoms with Crippen molar-refractivity contribution in [1.29, 1.82) is 0 Å². The van der Waals surface area contributed by atoms with Gasteiger partial charge in [0.1, 0.15) is 30.2 Å². The number of aliphatic hydroxyl groups excluding tert-OH is 2. The van der Waals surface area contributed by atoms with Crippen molar-refractivity contribution in [3.05, 3.63) is 36.4 Å². The van der Waals surface area contributed by atoms with E-state index in [1.54, 1.807) is 4.72 Å². The van der Waals surface area contributed by atoms with Crippen molar-refractivity contribution in [2.45, 2.75) is 24.5 Å². The molecule has 1 aromatic carbocycles. The zero-order valence-electron chi connectivity index (χ0n) is 16.5. The number of nitrogens with zero attached hydrogens (tertiary/aromatic N) is 4. The maximum atomic E-state index is 12.1. The van der Waals surface area contributed by atoms with Crippen LogP contribution in [0.1, 0.15) is 16.6 Å². The number of carbonyl (C=O) groups excluding carboxylic acids is 1. The van der Waals surface area contributed by atoms with Crippen molar-refractivity contribution in [2.75, 3.05) is 12.3 Å². The Hall–Kier alpha value is -3.57. The third kappa shape index (κ3) is 4.24. The molecule has 3 heterocycles. The molecule has 1 aliphatic rings. The summed E-state index contributed by atoms with van der Waals surface area (Å²) >= 11 is 0. The van der Waals surface area contributed by atoms with Gasteiger partial charge in [0.15, 0.2) is 29.2 Å². The number of phenolic OH excluding ortho intramolecular Hbond substituents is 2. The smallest absolute Gasteiger partial charge is 0.362 e. The predicted molar refractivity (Wildman–Crippen MR) is 108 cm³/mol. The molecule has 1 fully saturated rings. The molecule has 4 rings (SSSR count). The van der Waals surface area contributed by atoms with Crippen LogP contribution in [0.3, 0.4) is 0 Å². The lowest BCUT2D eigenvalue weighted by Crippen LogP contribution is -2.37. The Bertz CT molecular complexity index is 1310. The van der Waals surface area contributed by atoms with Crippen LogP contribution in [-0.2, 0) is 19.2 Å². The van der Waals surface area contributed by atoms with E-state index >= 15 is 0 Å². The van der Waals surface area contributed by atoms with Crippen molar-refractivity contribution in [3.63, 3.8) is 0 Å². The van der Waals surface area contributed by atoms with E-state index in [2.05, 4.69) is 15.0 Å². The van der Waals surface area contributed by atoms with Gasteiger partial charge in [0.05, 0.1) is 18.5 Å². The highest BCUT2D eigenvalue weighted by molar-refractivity contribution is 7.85. The number of carbonyl (C=O) groups is 1. The number of ether oxygens (including phenoxy) is 1. The molecule has 0 saturated carbocycles. The Kier molecular flexibility index (Phi) is 5.76. The number of nitrogen functional groups attached to an aromatic ring is 1. The topological polar surface area (TPSA) is 232 Å². The van der Waals surface area contributed by atoms with Gasteiger partial charge in [-0.25, -0.2) is 19.7 Å². The fraction of sp³-hybridized carbons (Fsp3) is 0.294. The molecule has 0 bridgehead atoms. The molecule has 1 saturated heterocycles. The number of anilines is 1. The van der Waals surface area contributed by atoms with E-state index in [4.69, 9.17) is 14.7 Å². The lowest BCUT2D eigenvalue weighted by molar-refractivity contribution is -0.0468. The number of hydrogen-bond acceptors (Lipinski definition) is 13. The van der Waals surface area contributed by atoms with Crippen LogP contribution in [0.15, 0.2) is 30.9 Å². The van der Waals surface area contributed by atoms with E-state index in [1.165, 1.54) is 23.3 Å². The van der Waals surface area contributed by atoms with E-state index in [0.717, 1.165) is 12.1 Å². The number of nitrogens with two attached hydrogens (primary N) is 1. The van der Waals surface area contributed by atoms with Gasteiger partial charge in [-0.3, -0.25) is 13.5 Å². The van der Waals surface area contributed by atoms with Crippen LogP contribution in [0.25, 0.3) is 11.2 Å². The number of benzene rings is 1. The second-order valence-corrected chi connectivity index (χ2v) is 8.32. The molecular weight excluding hydrogens is 464 g/mol. The number of rotatable bonds is 6. The maximum absolute atomic E-state index is 12.1. The molecule has 3 aromatic rings. The predicted octanol–water partition coefficient (Wildman–Crippen LogP) is -1.87. The molecular formula is C17H18N6O9S. The molecule has 7 N–H and O–H groups in total. The van der Waals surface area contributed by atoms with E-state index in [9.17, 15) is 33.6 Å². The minimum atomic E-state index is -4.72. The van der Waals surface area contributed by atoms with Gasteiger partial charge in [-0.2, -0.15) is 8.42 Å². The van der Waals surface area contributed by atoms with Gasteiger partial charge in [0.2, 0.25) is 0 Å². The van der Waals surface area contributed by atoms with Gasteiger partial charge < -0.3 is 30.9 Å². The number of nitrogens with one attached hydrogen (secondary N) is 1. The number of aliphatic hydroxyl groups is 2. The molecule has 16 heteroatoms. The van der Waals surface area contributed by atoms with Crippen LogP contribution in [0, 0.1) is 0 Å². The zero-order chi connectivity index (χ0) is 23.9. The van der Waals surface area contributed by atoms with Crippen LogP contribution in [0.4, 0.5) is 5.82 Å². The maximum Gasteiger partial charge on any atom is 0.362 e. The largest absolute Gasteiger partial charge is 0.504 e. The quantitative estimate of drug-likeness (QED) is 0.212. The number of imidazole rings is 1. The van der Waals surface area contributed by atoms with Gasteiger partial charge in [-0.15, -0.1) is 0 Å². The monoisotopic (exact) mass is 482 g/mol. The number of phenols is 2. The summed E-state index contributed by atoms with van der Waals surface area (Å²) in [7, 11) is -4.72. The lowest BCUT2D eigenvalue weighted by atomic mass is 10.1. The third-order valence-electron chi connectivity index (χ3n) is 4.86. The van der Waals surface area contributed by atoms with Crippen LogP contribution < -0.4 is 10.5 Å². The summed E-state index contributed by atoms with van der Waals surface area (Å²) in [5, 5.41) is 39.8. The Morgan fingerprint density at radius 2 is 1.97 bits per heavy atom. The molecule has 0 spiro atoms. The van der Waals surface area contributed by atoms with Gasteiger partial charge >= 0.3 is 10.3 Å². The Morgan fingerprint density at radius 3 is 2.73 bits per heavy atom. The highest BCUT2D eigenvalue weighted by Gasteiger charge is 2.45. The first-order chi connectivity index (χ1) is 15.6. The van der Waals surface area contributed by atoms with E-state index in [0.29, 0.717) is 0 Å². The third-order valence-corrected chi connectivity index (χ3v) is 5.74. The van der Waals surface area contributed by atoms with Crippen molar-refractivity contribution in [1.82, 2.24) is 24.2 Å². The van der Waals surface area contributed by atoms with E-state index in [-0.39, 0.29) is 17.0 Å². The summed E-state index contributed by atoms with van der Waals surface area (Å²) in [6.07, 6.45) is -3.15. The fourth-order valence-corrected chi connectivity index (χ4v) is 3.93. The Morgan fingerprint density at radius 1 is 1.21 bits per heavy atom. The SMILES string of the molecule is Nc1ncnc2c1ncn2C1OC(COS(=O)(=O)NC(=O)c2cccc(O)c2O)[C@@H](O)[C@H]1O. The molecule has 1 amide bonds. The second-order valence-electron chi connectivity index (χ2n) is 6.97. The minimum Gasteiger partial charge on any atom is -0.504 e. The second kappa shape index (κ2) is 8.41.